The Kier molecular flexibility index (Phi) is 9.00. The van der Waals surface area contributed by atoms with Gasteiger partial charge in [0.2, 0.25) is 5.91 Å². The monoisotopic (exact) mass is 412 g/mol. The van der Waals surface area contributed by atoms with Crippen LogP contribution in [0.2, 0.25) is 0 Å². The molecule has 0 fully saturated rings. The number of carbonyl (C=O) groups is 1. The van der Waals surface area contributed by atoms with Crippen molar-refractivity contribution in [2.75, 3.05) is 41.4 Å². The molecule has 7 heteroatoms. The minimum absolute atomic E-state index is 0.0165. The Morgan fingerprint density at radius 1 is 1.00 bits per heavy atom. The molecule has 0 unspecified atom stereocenters. The minimum Gasteiger partial charge on any atom is -0.497 e. The van der Waals surface area contributed by atoms with Gasteiger partial charge in [-0.05, 0) is 48.2 Å². The first-order valence-electron chi connectivity index (χ1n) is 9.91. The lowest BCUT2D eigenvalue weighted by Crippen LogP contribution is -2.43. The Balaban J connectivity index is 1.99. The number of rotatable bonds is 9. The average Bonchev–Trinajstić information content (AvgIpc) is 2.76. The van der Waals surface area contributed by atoms with Gasteiger partial charge in [0.1, 0.15) is 11.5 Å². The number of benzene rings is 2. The van der Waals surface area contributed by atoms with Crippen molar-refractivity contribution in [3.63, 3.8) is 0 Å². The lowest BCUT2D eigenvalue weighted by molar-refractivity contribution is -0.127. The second-order valence-electron chi connectivity index (χ2n) is 7.14. The first-order valence-corrected chi connectivity index (χ1v) is 9.91. The van der Waals surface area contributed by atoms with Gasteiger partial charge < -0.3 is 25.0 Å². The summed E-state index contributed by atoms with van der Waals surface area (Å²) in [5.74, 6) is 2.28. The van der Waals surface area contributed by atoms with E-state index < -0.39 is 0 Å². The van der Waals surface area contributed by atoms with E-state index in [9.17, 15) is 4.79 Å². The average molecular weight is 413 g/mol. The fraction of sp³-hybridized carbons (Fsp3) is 0.391. The molecule has 0 aliphatic carbocycles. The van der Waals surface area contributed by atoms with Gasteiger partial charge in [0.25, 0.3) is 0 Å². The maximum absolute atomic E-state index is 11.9. The molecule has 162 valence electrons. The normalized spacial score (nSPS) is 11.0. The number of amides is 1. The largest absolute Gasteiger partial charge is 0.497 e. The summed E-state index contributed by atoms with van der Waals surface area (Å²) in [5, 5.41) is 6.42. The van der Waals surface area contributed by atoms with E-state index in [1.54, 1.807) is 33.2 Å². The van der Waals surface area contributed by atoms with Crippen molar-refractivity contribution in [3.8, 4) is 11.5 Å². The van der Waals surface area contributed by atoms with Gasteiger partial charge >= 0.3 is 0 Å². The molecule has 0 heterocycles. The molecule has 0 aliphatic heterocycles. The molecule has 0 atom stereocenters. The number of ether oxygens (including phenoxy) is 2. The first-order chi connectivity index (χ1) is 14.4. The second-order valence-corrected chi connectivity index (χ2v) is 7.14. The summed E-state index contributed by atoms with van der Waals surface area (Å²) in [6.45, 7) is 3.38. The van der Waals surface area contributed by atoms with Crippen LogP contribution in [0.3, 0.4) is 0 Å². The quantitative estimate of drug-likeness (QED) is 0.489. The summed E-state index contributed by atoms with van der Waals surface area (Å²) in [7, 11) is 6.79. The summed E-state index contributed by atoms with van der Waals surface area (Å²) in [6.07, 6.45) is 0.807. The van der Waals surface area contributed by atoms with Crippen LogP contribution in [0.5, 0.6) is 11.5 Å². The van der Waals surface area contributed by atoms with Crippen LogP contribution in [0, 0.1) is 6.92 Å². The molecule has 0 saturated heterocycles. The Bertz CT molecular complexity index is 848. The van der Waals surface area contributed by atoms with Crippen LogP contribution in [-0.2, 0) is 17.8 Å². The number of hydrogen-bond donors (Lipinski definition) is 2. The van der Waals surface area contributed by atoms with E-state index in [1.807, 2.05) is 37.3 Å². The van der Waals surface area contributed by atoms with Crippen LogP contribution >= 0.6 is 0 Å². The number of hydrogen-bond acceptors (Lipinski definition) is 4. The molecule has 0 saturated carbocycles. The minimum atomic E-state index is -0.0165. The summed E-state index contributed by atoms with van der Waals surface area (Å²) in [5.41, 5.74) is 3.34. The molecule has 2 rings (SSSR count). The van der Waals surface area contributed by atoms with Gasteiger partial charge in [-0.1, -0.05) is 24.3 Å². The highest BCUT2D eigenvalue weighted by atomic mass is 16.5. The van der Waals surface area contributed by atoms with E-state index in [-0.39, 0.29) is 12.5 Å². The first kappa shape index (κ1) is 23.1. The molecule has 2 aromatic rings. The summed E-state index contributed by atoms with van der Waals surface area (Å²) in [4.78, 5) is 18.1. The van der Waals surface area contributed by atoms with Crippen molar-refractivity contribution in [1.82, 2.24) is 15.5 Å². The zero-order chi connectivity index (χ0) is 21.9. The fourth-order valence-electron chi connectivity index (χ4n) is 2.74. The number of nitrogens with one attached hydrogen (secondary N) is 2. The van der Waals surface area contributed by atoms with Crippen LogP contribution in [0.4, 0.5) is 0 Å². The van der Waals surface area contributed by atoms with Crippen LogP contribution < -0.4 is 20.1 Å². The molecular weight excluding hydrogens is 380 g/mol. The molecule has 30 heavy (non-hydrogen) atoms. The van der Waals surface area contributed by atoms with Crippen molar-refractivity contribution in [2.45, 2.75) is 19.9 Å². The number of nitrogens with zero attached hydrogens (tertiary/aromatic N) is 2. The van der Waals surface area contributed by atoms with E-state index in [4.69, 9.17) is 9.47 Å². The third-order valence-corrected chi connectivity index (χ3v) is 4.66. The van der Waals surface area contributed by atoms with E-state index in [0.717, 1.165) is 29.0 Å². The number of carbonyl (C=O) groups excluding carboxylic acids is 1. The number of aliphatic imine (C=N–C) groups is 1. The van der Waals surface area contributed by atoms with E-state index in [1.165, 1.54) is 5.56 Å². The van der Waals surface area contributed by atoms with Crippen molar-refractivity contribution in [2.24, 2.45) is 4.99 Å². The number of methoxy groups -OCH3 is 2. The molecule has 7 nitrogen and oxygen atoms in total. The van der Waals surface area contributed by atoms with E-state index in [2.05, 4.69) is 27.8 Å². The molecule has 0 radical (unpaired) electrons. The summed E-state index contributed by atoms with van der Waals surface area (Å²) >= 11 is 0. The van der Waals surface area contributed by atoms with Crippen LogP contribution in [0.1, 0.15) is 16.7 Å². The van der Waals surface area contributed by atoms with Gasteiger partial charge in [0.15, 0.2) is 5.96 Å². The van der Waals surface area contributed by atoms with Gasteiger partial charge in [-0.2, -0.15) is 0 Å². The Labute approximate surface area is 179 Å². The van der Waals surface area contributed by atoms with E-state index in [0.29, 0.717) is 19.0 Å². The molecule has 0 bridgehead atoms. The van der Waals surface area contributed by atoms with Crippen LogP contribution in [0.15, 0.2) is 47.5 Å². The highest BCUT2D eigenvalue weighted by molar-refractivity contribution is 5.86. The standard InChI is InChI=1S/C23H32N4O3/c1-17-6-7-18(14-21(17)30-5)12-13-24-23(26-16-22(28)27(2)3)25-15-19-8-10-20(29-4)11-9-19/h6-11,14H,12-13,15-16H2,1-5H3,(H2,24,25,26). The van der Waals surface area contributed by atoms with Gasteiger partial charge in [-0.25, -0.2) is 4.99 Å². The maximum Gasteiger partial charge on any atom is 0.241 e. The molecule has 2 N–H and O–H groups in total. The van der Waals surface area contributed by atoms with Crippen LogP contribution in [0.25, 0.3) is 0 Å². The fourth-order valence-corrected chi connectivity index (χ4v) is 2.74. The second kappa shape index (κ2) is 11.7. The highest BCUT2D eigenvalue weighted by Gasteiger charge is 2.07. The molecule has 0 aromatic heterocycles. The maximum atomic E-state index is 11.9. The Morgan fingerprint density at radius 3 is 2.33 bits per heavy atom. The molecule has 2 aromatic carbocycles. The van der Waals surface area contributed by atoms with Gasteiger partial charge in [-0.15, -0.1) is 0 Å². The van der Waals surface area contributed by atoms with Gasteiger partial charge in [0, 0.05) is 20.6 Å². The zero-order valence-electron chi connectivity index (χ0n) is 18.5. The number of aryl methyl sites for hydroxylation is 1. The highest BCUT2D eigenvalue weighted by Crippen LogP contribution is 2.19. The van der Waals surface area contributed by atoms with E-state index >= 15 is 0 Å². The predicted molar refractivity (Wildman–Crippen MR) is 120 cm³/mol. The Morgan fingerprint density at radius 2 is 1.70 bits per heavy atom. The van der Waals surface area contributed by atoms with Gasteiger partial charge in [0.05, 0.1) is 27.3 Å². The topological polar surface area (TPSA) is 75.2 Å². The SMILES string of the molecule is COc1ccc(CN=C(NCCc2ccc(C)c(OC)c2)NCC(=O)N(C)C)cc1. The van der Waals surface area contributed by atoms with Crippen molar-refractivity contribution < 1.29 is 14.3 Å². The van der Waals surface area contributed by atoms with Crippen molar-refractivity contribution in [1.29, 1.82) is 0 Å². The third kappa shape index (κ3) is 7.31. The van der Waals surface area contributed by atoms with Crippen molar-refractivity contribution >= 4 is 11.9 Å². The molecule has 0 spiro atoms. The van der Waals surface area contributed by atoms with Crippen molar-refractivity contribution in [3.05, 3.63) is 59.2 Å². The lowest BCUT2D eigenvalue weighted by Gasteiger charge is -2.15. The smallest absolute Gasteiger partial charge is 0.241 e. The third-order valence-electron chi connectivity index (χ3n) is 4.66. The van der Waals surface area contributed by atoms with Crippen LogP contribution in [-0.4, -0.2) is 58.2 Å². The lowest BCUT2D eigenvalue weighted by atomic mass is 10.1. The summed E-state index contributed by atoms with van der Waals surface area (Å²) < 4.78 is 10.6. The number of likely N-dealkylation sites (N-methyl/N-ethyl adjacent to an activating group) is 1. The Hall–Kier alpha value is -3.22. The zero-order valence-corrected chi connectivity index (χ0v) is 18.5. The molecule has 1 amide bonds. The number of guanidine groups is 1. The summed E-state index contributed by atoms with van der Waals surface area (Å²) in [6, 6.07) is 14.0. The molecular formula is C23H32N4O3. The predicted octanol–water partition coefficient (Wildman–Crippen LogP) is 2.38. The van der Waals surface area contributed by atoms with Gasteiger partial charge in [-0.3, -0.25) is 4.79 Å². The molecule has 0 aliphatic rings.